The molecule has 20 heavy (non-hydrogen) atoms. The van der Waals surface area contributed by atoms with Crippen molar-refractivity contribution in [3.8, 4) is 5.75 Å². The molecule has 0 radical (unpaired) electrons. The molecular formula is C18H22NO+. The molecule has 2 aromatic rings. The number of nitrogens with two attached hydrogens (primary N) is 1. The SMILES string of the molecule is COc1cccc(C[NH2+][C@@H]2CCCc3ccccc32)c1. The molecule has 104 valence electrons. The molecule has 3 rings (SSSR count). The highest BCUT2D eigenvalue weighted by atomic mass is 16.5. The highest BCUT2D eigenvalue weighted by molar-refractivity contribution is 5.31. The fourth-order valence-electron chi connectivity index (χ4n) is 3.11. The van der Waals surface area contributed by atoms with Gasteiger partial charge in [0.25, 0.3) is 0 Å². The smallest absolute Gasteiger partial charge is 0.119 e. The van der Waals surface area contributed by atoms with E-state index >= 15 is 0 Å². The van der Waals surface area contributed by atoms with Crippen LogP contribution in [0.3, 0.4) is 0 Å². The van der Waals surface area contributed by atoms with Gasteiger partial charge < -0.3 is 10.1 Å². The monoisotopic (exact) mass is 268 g/mol. The van der Waals surface area contributed by atoms with Gasteiger partial charge in [-0.2, -0.15) is 0 Å². The zero-order valence-electron chi connectivity index (χ0n) is 12.0. The standard InChI is InChI=1S/C18H21NO/c1-20-16-9-4-6-14(12-16)13-19-18-11-5-8-15-7-2-3-10-17(15)18/h2-4,6-7,9-10,12,18-19H,5,8,11,13H2,1H3/p+1/t18-/m1/s1. The second kappa shape index (κ2) is 6.10. The molecule has 2 heteroatoms. The molecule has 0 aromatic heterocycles. The predicted molar refractivity (Wildman–Crippen MR) is 80.7 cm³/mol. The molecule has 1 atom stereocenters. The van der Waals surface area contributed by atoms with Gasteiger partial charge in [-0.25, -0.2) is 0 Å². The van der Waals surface area contributed by atoms with Crippen LogP contribution in [0.5, 0.6) is 5.75 Å². The van der Waals surface area contributed by atoms with Gasteiger partial charge >= 0.3 is 0 Å². The molecule has 0 amide bonds. The highest BCUT2D eigenvalue weighted by Gasteiger charge is 2.22. The van der Waals surface area contributed by atoms with Crippen LogP contribution < -0.4 is 10.1 Å². The minimum atomic E-state index is 0.603. The van der Waals surface area contributed by atoms with Gasteiger partial charge in [-0.1, -0.05) is 36.4 Å². The Labute approximate surface area is 120 Å². The summed E-state index contributed by atoms with van der Waals surface area (Å²) in [5.41, 5.74) is 4.39. The van der Waals surface area contributed by atoms with Gasteiger partial charge in [0, 0.05) is 17.5 Å². The Kier molecular flexibility index (Phi) is 4.03. The van der Waals surface area contributed by atoms with Crippen LogP contribution >= 0.6 is 0 Å². The number of quaternary nitrogens is 1. The zero-order chi connectivity index (χ0) is 13.8. The Morgan fingerprint density at radius 1 is 1.15 bits per heavy atom. The lowest BCUT2D eigenvalue weighted by Crippen LogP contribution is -2.84. The van der Waals surface area contributed by atoms with Crippen molar-refractivity contribution in [3.05, 3.63) is 65.2 Å². The molecule has 1 aliphatic carbocycles. The lowest BCUT2D eigenvalue weighted by Gasteiger charge is -2.23. The van der Waals surface area contributed by atoms with E-state index in [-0.39, 0.29) is 0 Å². The largest absolute Gasteiger partial charge is 0.497 e. The first-order valence-corrected chi connectivity index (χ1v) is 7.41. The third-order valence-electron chi connectivity index (χ3n) is 4.19. The van der Waals surface area contributed by atoms with Crippen LogP contribution in [-0.4, -0.2) is 7.11 Å². The topological polar surface area (TPSA) is 25.8 Å². The van der Waals surface area contributed by atoms with E-state index < -0.39 is 0 Å². The fraction of sp³-hybridized carbons (Fsp3) is 0.333. The van der Waals surface area contributed by atoms with Gasteiger partial charge in [-0.3, -0.25) is 0 Å². The van der Waals surface area contributed by atoms with Crippen LogP contribution in [0.2, 0.25) is 0 Å². The molecule has 0 saturated carbocycles. The molecule has 0 fully saturated rings. The molecule has 0 bridgehead atoms. The van der Waals surface area contributed by atoms with E-state index in [0.717, 1.165) is 12.3 Å². The number of hydrogen-bond donors (Lipinski definition) is 1. The lowest BCUT2D eigenvalue weighted by atomic mass is 9.87. The van der Waals surface area contributed by atoms with E-state index in [4.69, 9.17) is 4.74 Å². The van der Waals surface area contributed by atoms with E-state index in [1.54, 1.807) is 7.11 Å². The Hall–Kier alpha value is -1.80. The minimum absolute atomic E-state index is 0.603. The second-order valence-electron chi connectivity index (χ2n) is 5.49. The van der Waals surface area contributed by atoms with Crippen molar-refractivity contribution >= 4 is 0 Å². The molecule has 0 aliphatic heterocycles. The zero-order valence-corrected chi connectivity index (χ0v) is 12.0. The summed E-state index contributed by atoms with van der Waals surface area (Å²) in [7, 11) is 1.72. The maximum absolute atomic E-state index is 5.29. The van der Waals surface area contributed by atoms with E-state index in [1.807, 2.05) is 6.07 Å². The van der Waals surface area contributed by atoms with Crippen molar-refractivity contribution < 1.29 is 10.1 Å². The van der Waals surface area contributed by atoms with Crippen molar-refractivity contribution in [2.75, 3.05) is 7.11 Å². The van der Waals surface area contributed by atoms with Crippen LogP contribution in [0.1, 0.15) is 35.6 Å². The van der Waals surface area contributed by atoms with Crippen molar-refractivity contribution in [2.45, 2.75) is 31.8 Å². The van der Waals surface area contributed by atoms with Crippen molar-refractivity contribution in [1.29, 1.82) is 0 Å². The normalized spacial score (nSPS) is 17.6. The molecule has 0 unspecified atom stereocenters. The van der Waals surface area contributed by atoms with Gasteiger partial charge in [0.05, 0.1) is 7.11 Å². The van der Waals surface area contributed by atoms with Crippen LogP contribution in [0, 0.1) is 0 Å². The van der Waals surface area contributed by atoms with Crippen LogP contribution in [0.4, 0.5) is 0 Å². The molecule has 0 heterocycles. The molecule has 0 spiro atoms. The molecule has 2 aromatic carbocycles. The van der Waals surface area contributed by atoms with Gasteiger partial charge in [0.1, 0.15) is 18.3 Å². The van der Waals surface area contributed by atoms with E-state index in [0.29, 0.717) is 6.04 Å². The third kappa shape index (κ3) is 2.86. The Morgan fingerprint density at radius 2 is 2.05 bits per heavy atom. The Bertz CT molecular complexity index is 579. The highest BCUT2D eigenvalue weighted by Crippen LogP contribution is 2.26. The maximum Gasteiger partial charge on any atom is 0.119 e. The summed E-state index contributed by atoms with van der Waals surface area (Å²) in [6, 6.07) is 17.9. The first-order valence-electron chi connectivity index (χ1n) is 7.41. The molecule has 0 saturated heterocycles. The van der Waals surface area contributed by atoms with Crippen LogP contribution in [-0.2, 0) is 13.0 Å². The summed E-state index contributed by atoms with van der Waals surface area (Å²) < 4.78 is 5.29. The van der Waals surface area contributed by atoms with Gasteiger partial charge in [0.2, 0.25) is 0 Å². The second-order valence-corrected chi connectivity index (χ2v) is 5.49. The lowest BCUT2D eigenvalue weighted by molar-refractivity contribution is -0.712. The first-order chi connectivity index (χ1) is 9.86. The Balaban J connectivity index is 1.70. The summed E-state index contributed by atoms with van der Waals surface area (Å²) in [6.45, 7) is 1.01. The van der Waals surface area contributed by atoms with E-state index in [9.17, 15) is 0 Å². The fourth-order valence-corrected chi connectivity index (χ4v) is 3.11. The minimum Gasteiger partial charge on any atom is -0.497 e. The number of hydrogen-bond acceptors (Lipinski definition) is 1. The third-order valence-corrected chi connectivity index (χ3v) is 4.19. The molecule has 2 nitrogen and oxygen atoms in total. The molecule has 2 N–H and O–H groups in total. The molecular weight excluding hydrogens is 246 g/mol. The summed E-state index contributed by atoms with van der Waals surface area (Å²) in [6.07, 6.45) is 3.82. The average Bonchev–Trinajstić information content (AvgIpc) is 2.53. The molecule has 1 aliphatic rings. The van der Waals surface area contributed by atoms with Gasteiger partial charge in [-0.05, 0) is 30.5 Å². The Morgan fingerprint density at radius 3 is 2.95 bits per heavy atom. The van der Waals surface area contributed by atoms with Gasteiger partial charge in [0.15, 0.2) is 0 Å². The van der Waals surface area contributed by atoms with E-state index in [1.165, 1.54) is 36.0 Å². The summed E-state index contributed by atoms with van der Waals surface area (Å²) in [5, 5.41) is 2.47. The average molecular weight is 268 g/mol. The quantitative estimate of drug-likeness (QED) is 0.906. The van der Waals surface area contributed by atoms with Crippen molar-refractivity contribution in [3.63, 3.8) is 0 Å². The van der Waals surface area contributed by atoms with Crippen molar-refractivity contribution in [1.82, 2.24) is 0 Å². The van der Waals surface area contributed by atoms with Crippen LogP contribution in [0.25, 0.3) is 0 Å². The van der Waals surface area contributed by atoms with Gasteiger partial charge in [-0.15, -0.1) is 0 Å². The van der Waals surface area contributed by atoms with Crippen molar-refractivity contribution in [2.24, 2.45) is 0 Å². The number of aryl methyl sites for hydroxylation is 1. The number of fused-ring (bicyclic) bond motifs is 1. The predicted octanol–water partition coefficient (Wildman–Crippen LogP) is 2.84. The number of ether oxygens (including phenoxy) is 1. The number of benzene rings is 2. The summed E-state index contributed by atoms with van der Waals surface area (Å²) in [4.78, 5) is 0. The van der Waals surface area contributed by atoms with E-state index in [2.05, 4.69) is 47.8 Å². The summed E-state index contributed by atoms with van der Waals surface area (Å²) in [5.74, 6) is 0.944. The summed E-state index contributed by atoms with van der Waals surface area (Å²) >= 11 is 0. The van der Waals surface area contributed by atoms with Crippen LogP contribution in [0.15, 0.2) is 48.5 Å². The maximum atomic E-state index is 5.29. The number of rotatable bonds is 4. The number of methoxy groups -OCH3 is 1. The first kappa shape index (κ1) is 13.2.